The number of urea groups is 1. The molecule has 4 bridgehead atoms. The van der Waals surface area contributed by atoms with E-state index < -0.39 is 137 Å². The number of rotatable bonds is 25. The van der Waals surface area contributed by atoms with E-state index in [1.807, 2.05) is 13.0 Å². The minimum atomic E-state index is -1.71. The van der Waals surface area contributed by atoms with Crippen molar-refractivity contribution in [2.45, 2.75) is 186 Å². The van der Waals surface area contributed by atoms with E-state index in [1.54, 1.807) is 52.0 Å². The van der Waals surface area contributed by atoms with E-state index >= 15 is 8.78 Å². The van der Waals surface area contributed by atoms with Crippen LogP contribution in [0.4, 0.5) is 19.3 Å². The van der Waals surface area contributed by atoms with Gasteiger partial charge in [0.2, 0.25) is 11.8 Å². The Morgan fingerprint density at radius 3 is 2.36 bits per heavy atom. The third kappa shape index (κ3) is 18.0. The molecule has 5 N–H and O–H groups in total. The topological polar surface area (TPSA) is 289 Å². The number of ether oxygens (including phenoxy) is 6. The van der Waals surface area contributed by atoms with Gasteiger partial charge in [-0.2, -0.15) is 0 Å². The number of hydrogen-bond acceptors (Lipinski definition) is 16. The number of carbonyl (C=O) groups excluding carboxylic acids is 9. The number of primary amides is 1. The summed E-state index contributed by atoms with van der Waals surface area (Å²) in [6.45, 7) is 10.3. The highest BCUT2D eigenvalue weighted by molar-refractivity contribution is 6.35. The summed E-state index contributed by atoms with van der Waals surface area (Å²) in [4.78, 5) is 123. The zero-order valence-corrected chi connectivity index (χ0v) is 52.8. The molecule has 2 aromatic rings. The van der Waals surface area contributed by atoms with Gasteiger partial charge in [0.1, 0.15) is 63.7 Å². The number of halogens is 3. The van der Waals surface area contributed by atoms with Crippen molar-refractivity contribution in [2.75, 3.05) is 46.4 Å². The first-order valence-electron chi connectivity index (χ1n) is 30.1. The summed E-state index contributed by atoms with van der Waals surface area (Å²) in [6.07, 6.45) is 4.28. The van der Waals surface area contributed by atoms with E-state index in [1.165, 1.54) is 33.1 Å². The standard InChI is InChI=1S/C64H86ClF2N5O16/c1-35(2)43(30-42(73)20-12-11-13-24-85-61(80)40-18-15-19-40)58(77)70-47(21-16-23-69-62(68)81)49(74)29-41-28-46(67)44(31-45(41)66)59(78)71(7)38(5)60(79)87-53-32-54(75)72(8)48-26-39(27-50(83-9)56(48)65)25-36(3)17-14-22-52(84-10)64(82)33-51(86-55(76)34-64)37(4)57-63(53,6)88-57/h14,17,22,26-28,31,35,37-38,40,43,47,51-53,57,82H,11-13,15-16,18-21,23-25,29-30,32-34H2,1-10H3,(H,70,77)(H3,68,69,81)/b22-14+,36-17+/t37-,38+,43+,47+,51+,52-,53+,57+,63+,64-/m1/s1. The summed E-state index contributed by atoms with van der Waals surface area (Å²) in [5, 5.41) is 17.2. The predicted molar refractivity (Wildman–Crippen MR) is 320 cm³/mol. The van der Waals surface area contributed by atoms with E-state index in [0.29, 0.717) is 43.4 Å². The minimum absolute atomic E-state index is 0.0146. The molecule has 24 heteroatoms. The van der Waals surface area contributed by atoms with Gasteiger partial charge in [-0.15, -0.1) is 0 Å². The van der Waals surface area contributed by atoms with Crippen LogP contribution >= 0.6 is 11.6 Å². The van der Waals surface area contributed by atoms with Crippen LogP contribution in [0.5, 0.6) is 5.75 Å². The van der Waals surface area contributed by atoms with Crippen LogP contribution in [-0.4, -0.2) is 152 Å². The molecule has 0 spiro atoms. The second-order valence-corrected chi connectivity index (χ2v) is 24.8. The number of fused-ring (bicyclic) bond motifs is 5. The molecular weight excluding hydrogens is 1170 g/mol. The first-order chi connectivity index (χ1) is 41.5. The van der Waals surface area contributed by atoms with Crippen molar-refractivity contribution in [2.24, 2.45) is 29.4 Å². The summed E-state index contributed by atoms with van der Waals surface area (Å²) < 4.78 is 67.2. The summed E-state index contributed by atoms with van der Waals surface area (Å²) >= 11 is 6.83. The molecule has 3 aliphatic heterocycles. The number of unbranched alkanes of at least 4 members (excludes halogenated alkanes) is 2. The summed E-state index contributed by atoms with van der Waals surface area (Å²) in [7, 11) is 5.48. The fraction of sp³-hybridized carbons (Fsp3) is 0.609. The van der Waals surface area contributed by atoms with Gasteiger partial charge < -0.3 is 59.7 Å². The Labute approximate surface area is 518 Å². The van der Waals surface area contributed by atoms with Gasteiger partial charge in [-0.1, -0.05) is 62.6 Å². The first kappa shape index (κ1) is 70.3. The summed E-state index contributed by atoms with van der Waals surface area (Å²) in [6, 6.07) is 1.07. The molecule has 21 nitrogen and oxygen atoms in total. The van der Waals surface area contributed by atoms with Crippen LogP contribution in [0.15, 0.2) is 48.1 Å². The Morgan fingerprint density at radius 1 is 1.00 bits per heavy atom. The van der Waals surface area contributed by atoms with E-state index in [2.05, 4.69) is 10.6 Å². The lowest BCUT2D eigenvalue weighted by atomic mass is 9.78. The highest BCUT2D eigenvalue weighted by Gasteiger charge is 2.64. The van der Waals surface area contributed by atoms with E-state index in [-0.39, 0.29) is 91.7 Å². The molecule has 0 aromatic heterocycles. The lowest BCUT2D eigenvalue weighted by Crippen LogP contribution is -2.53. The largest absolute Gasteiger partial charge is 0.495 e. The van der Waals surface area contributed by atoms with Gasteiger partial charge in [-0.05, 0) is 113 Å². The van der Waals surface area contributed by atoms with E-state index in [0.717, 1.165) is 36.8 Å². The van der Waals surface area contributed by atoms with Crippen molar-refractivity contribution in [1.29, 1.82) is 0 Å². The Hall–Kier alpha value is -6.82. The molecule has 5 amide bonds. The highest BCUT2D eigenvalue weighted by Crippen LogP contribution is 2.50. The Kier molecular flexibility index (Phi) is 24.8. The van der Waals surface area contributed by atoms with Crippen molar-refractivity contribution in [3.8, 4) is 5.75 Å². The molecule has 1 aliphatic carbocycles. The number of likely N-dealkylation sites (N-methyl/N-ethyl adjacent to an activating group) is 1. The lowest BCUT2D eigenvalue weighted by molar-refractivity contribution is -0.187. The van der Waals surface area contributed by atoms with Crippen LogP contribution < -0.4 is 26.0 Å². The number of nitrogens with one attached hydrogen (secondary N) is 2. The van der Waals surface area contributed by atoms with Gasteiger partial charge in [0.25, 0.3) is 5.91 Å². The number of anilines is 1. The quantitative estimate of drug-likeness (QED) is 0.0323. The number of aliphatic hydroxyl groups is 1. The van der Waals surface area contributed by atoms with Crippen LogP contribution in [0, 0.1) is 35.3 Å². The Bertz CT molecular complexity index is 2990. The average Bonchev–Trinajstić information content (AvgIpc) is 3.77. The van der Waals surface area contributed by atoms with Gasteiger partial charge in [0.05, 0.1) is 55.9 Å². The van der Waals surface area contributed by atoms with Gasteiger partial charge in [-0.3, -0.25) is 33.6 Å². The smallest absolute Gasteiger partial charge is 0.328 e. The molecule has 3 fully saturated rings. The molecule has 2 aromatic carbocycles. The molecule has 484 valence electrons. The monoisotopic (exact) mass is 1250 g/mol. The van der Waals surface area contributed by atoms with Crippen LogP contribution in [-0.2, 0) is 70.1 Å². The first-order valence-corrected chi connectivity index (χ1v) is 30.5. The van der Waals surface area contributed by atoms with Crippen molar-refractivity contribution in [3.63, 3.8) is 0 Å². The lowest BCUT2D eigenvalue weighted by Gasteiger charge is -2.41. The fourth-order valence-electron chi connectivity index (χ4n) is 11.4. The number of methoxy groups -OCH3 is 2. The third-order valence-electron chi connectivity index (χ3n) is 17.5. The number of carbonyl (C=O) groups is 9. The molecule has 3 heterocycles. The van der Waals surface area contributed by atoms with Crippen LogP contribution in [0.1, 0.15) is 146 Å². The minimum Gasteiger partial charge on any atom is -0.495 e. The Morgan fingerprint density at radius 2 is 1.72 bits per heavy atom. The average molecular weight is 1250 g/mol. The second kappa shape index (κ2) is 31.1. The normalized spacial score (nSPS) is 25.1. The van der Waals surface area contributed by atoms with E-state index in [9.17, 15) is 48.3 Å². The number of ketones is 2. The molecule has 6 rings (SSSR count). The van der Waals surface area contributed by atoms with Gasteiger partial charge in [0.15, 0.2) is 5.78 Å². The maximum atomic E-state index is 16.2. The molecule has 4 aliphatic rings. The van der Waals surface area contributed by atoms with Crippen molar-refractivity contribution in [1.82, 2.24) is 15.5 Å². The zero-order chi connectivity index (χ0) is 64.9. The van der Waals surface area contributed by atoms with Gasteiger partial charge in [0, 0.05) is 65.3 Å². The number of esters is 3. The molecule has 0 radical (unpaired) electrons. The maximum absolute atomic E-state index is 16.2. The van der Waals surface area contributed by atoms with Crippen LogP contribution in [0.3, 0.4) is 0 Å². The molecule has 10 atom stereocenters. The molecule has 1 saturated carbocycles. The third-order valence-corrected chi connectivity index (χ3v) is 17.9. The number of epoxide rings is 1. The summed E-state index contributed by atoms with van der Waals surface area (Å²) in [5.41, 5.74) is 2.65. The highest BCUT2D eigenvalue weighted by atomic mass is 35.5. The van der Waals surface area contributed by atoms with Gasteiger partial charge >= 0.3 is 23.9 Å². The number of Topliss-reactive ketones (excluding diaryl/α,β-unsaturated/α-hetero) is 2. The van der Waals surface area contributed by atoms with Crippen LogP contribution in [0.2, 0.25) is 5.02 Å². The summed E-state index contributed by atoms with van der Waals surface area (Å²) in [5.74, 6) is -9.28. The Balaban J connectivity index is 1.17. The number of nitrogens with zero attached hydrogens (tertiary/aromatic N) is 2. The fourth-order valence-corrected chi connectivity index (χ4v) is 11.8. The number of amides is 5. The van der Waals surface area contributed by atoms with Crippen molar-refractivity contribution < 1.29 is 85.5 Å². The zero-order valence-electron chi connectivity index (χ0n) is 52.0. The molecular formula is C64H86ClF2N5O16. The number of hydrogen-bond donors (Lipinski definition) is 4. The predicted octanol–water partition coefficient (Wildman–Crippen LogP) is 7.54. The molecule has 0 unspecified atom stereocenters. The molecule has 2 saturated heterocycles. The van der Waals surface area contributed by atoms with Gasteiger partial charge in [-0.25, -0.2) is 18.4 Å². The molecule has 88 heavy (non-hydrogen) atoms. The van der Waals surface area contributed by atoms with Crippen molar-refractivity contribution >= 4 is 70.5 Å². The SMILES string of the molecule is COc1cc2cc(c1Cl)N(C)C(=O)C[C@H](OC(=O)[C@H](C)N(C)C(=O)c1cc(F)c(CC(=O)[C@H](CCCNC(N)=O)NC(=O)[C@@H](CC(=O)CCCCCOC(=O)C3CCC3)C(C)C)cc1F)[C@]1(C)O[C@H]1[C@H](C)[C@@H]1C[C@@](O)(CC(=O)O1)[C@H](OC)/C=C/C=C(\C)C2. The second-order valence-electron chi connectivity index (χ2n) is 24.4. The maximum Gasteiger partial charge on any atom is 0.328 e. The number of benzene rings is 2. The van der Waals surface area contributed by atoms with Crippen LogP contribution in [0.25, 0.3) is 0 Å². The number of nitrogens with two attached hydrogens (primary N) is 1. The number of allylic oxidation sites excluding steroid dienone is 3. The van der Waals surface area contributed by atoms with Crippen molar-refractivity contribution in [3.05, 3.63) is 81.4 Å². The van der Waals surface area contributed by atoms with E-state index in [4.69, 9.17) is 45.8 Å².